The van der Waals surface area contributed by atoms with E-state index in [2.05, 4.69) is 9.97 Å². The Morgan fingerprint density at radius 1 is 1.28 bits per heavy atom. The van der Waals surface area contributed by atoms with Crippen LogP contribution >= 0.6 is 11.6 Å². The lowest BCUT2D eigenvalue weighted by molar-refractivity contribution is 0.0123. The van der Waals surface area contributed by atoms with E-state index in [0.717, 1.165) is 0 Å². The molecule has 0 bridgehead atoms. The molecule has 6 nitrogen and oxygen atoms in total. The third-order valence-corrected chi connectivity index (χ3v) is 4.66. The fraction of sp³-hybridized carbons (Fsp3) is 0.476. The van der Waals surface area contributed by atoms with Crippen LogP contribution < -0.4 is 4.74 Å². The van der Waals surface area contributed by atoms with Crippen molar-refractivity contribution in [2.24, 2.45) is 0 Å². The van der Waals surface area contributed by atoms with E-state index in [4.69, 9.17) is 21.1 Å². The Bertz CT molecular complexity index is 864. The highest BCUT2D eigenvalue weighted by Gasteiger charge is 2.27. The van der Waals surface area contributed by atoms with Gasteiger partial charge in [-0.15, -0.1) is 0 Å². The van der Waals surface area contributed by atoms with Gasteiger partial charge in [0.1, 0.15) is 23.3 Å². The zero-order valence-electron chi connectivity index (χ0n) is 16.8. The van der Waals surface area contributed by atoms with Crippen molar-refractivity contribution in [3.63, 3.8) is 0 Å². The Morgan fingerprint density at radius 3 is 2.66 bits per heavy atom. The monoisotopic (exact) mass is 421 g/mol. The number of piperidine rings is 1. The molecule has 1 aromatic heterocycles. The van der Waals surface area contributed by atoms with Crippen LogP contribution in [0.2, 0.25) is 5.02 Å². The fourth-order valence-corrected chi connectivity index (χ4v) is 3.18. The van der Waals surface area contributed by atoms with Crippen molar-refractivity contribution in [1.82, 2.24) is 14.9 Å². The number of hydrogen-bond acceptors (Lipinski definition) is 5. The van der Waals surface area contributed by atoms with Crippen LogP contribution in [0, 0.1) is 5.82 Å². The summed E-state index contributed by atoms with van der Waals surface area (Å²) in [4.78, 5) is 22.4. The molecule has 8 heteroatoms. The highest BCUT2D eigenvalue weighted by Crippen LogP contribution is 2.21. The normalized spacial score (nSPS) is 15.3. The van der Waals surface area contributed by atoms with E-state index in [0.29, 0.717) is 48.2 Å². The second-order valence-corrected chi connectivity index (χ2v) is 8.44. The van der Waals surface area contributed by atoms with Gasteiger partial charge in [0.2, 0.25) is 5.88 Å². The zero-order chi connectivity index (χ0) is 21.0. The van der Waals surface area contributed by atoms with Gasteiger partial charge in [-0.1, -0.05) is 17.7 Å². The number of hydrogen-bond donors (Lipinski definition) is 0. The maximum atomic E-state index is 14.0. The molecule has 0 aliphatic carbocycles. The van der Waals surface area contributed by atoms with Gasteiger partial charge in [-0.25, -0.2) is 14.2 Å². The molecule has 1 aromatic carbocycles. The topological polar surface area (TPSA) is 64.5 Å². The van der Waals surface area contributed by atoms with Crippen LogP contribution in [0.1, 0.15) is 45.0 Å². The minimum absolute atomic E-state index is 0.0521. The van der Waals surface area contributed by atoms with Crippen LogP contribution in [0.5, 0.6) is 5.88 Å². The maximum absolute atomic E-state index is 14.0. The molecule has 0 saturated carbocycles. The molecule has 1 aliphatic heterocycles. The van der Waals surface area contributed by atoms with E-state index in [9.17, 15) is 9.18 Å². The highest BCUT2D eigenvalue weighted by atomic mass is 35.5. The summed E-state index contributed by atoms with van der Waals surface area (Å²) in [5, 5.41) is 0.349. The van der Waals surface area contributed by atoms with Gasteiger partial charge >= 0.3 is 6.09 Å². The summed E-state index contributed by atoms with van der Waals surface area (Å²) in [6.07, 6.45) is 2.86. The van der Waals surface area contributed by atoms with Crippen LogP contribution in [0.25, 0.3) is 0 Å². The largest absolute Gasteiger partial charge is 0.474 e. The Kier molecular flexibility index (Phi) is 6.57. The van der Waals surface area contributed by atoms with Gasteiger partial charge in [-0.3, -0.25) is 0 Å². The molecule has 1 amide bonds. The molecule has 0 unspecified atom stereocenters. The number of ether oxygens (including phenoxy) is 2. The lowest BCUT2D eigenvalue weighted by Gasteiger charge is -2.33. The van der Waals surface area contributed by atoms with Crippen molar-refractivity contribution >= 4 is 17.7 Å². The predicted molar refractivity (Wildman–Crippen MR) is 108 cm³/mol. The summed E-state index contributed by atoms with van der Waals surface area (Å²) < 4.78 is 25.4. The molecule has 156 valence electrons. The third kappa shape index (κ3) is 6.29. The Morgan fingerprint density at radius 2 is 2.00 bits per heavy atom. The van der Waals surface area contributed by atoms with Crippen molar-refractivity contribution in [3.05, 3.63) is 52.7 Å². The number of carbonyl (C=O) groups excluding carboxylic acids is 1. The van der Waals surface area contributed by atoms with Crippen molar-refractivity contribution in [1.29, 1.82) is 0 Å². The number of amides is 1. The first-order chi connectivity index (χ1) is 13.7. The lowest BCUT2D eigenvalue weighted by Crippen LogP contribution is -2.44. The van der Waals surface area contributed by atoms with Crippen molar-refractivity contribution in [2.45, 2.75) is 51.7 Å². The molecule has 0 spiro atoms. The standard InChI is InChI=1S/C21H25ClFN3O3/c1-21(2,3)29-20(27)26-10-7-16(8-11-26)28-19-6-9-24-18(25-19)12-14-4-5-15(22)13-17(14)23/h4-6,9,13,16H,7-8,10-12H2,1-3H3. The first kappa shape index (κ1) is 21.3. The third-order valence-electron chi connectivity index (χ3n) is 4.42. The van der Waals surface area contributed by atoms with Gasteiger partial charge in [0.05, 0.1) is 0 Å². The maximum Gasteiger partial charge on any atom is 0.410 e. The van der Waals surface area contributed by atoms with Crippen LogP contribution in [0.15, 0.2) is 30.5 Å². The molecule has 1 fully saturated rings. The van der Waals surface area contributed by atoms with E-state index in [1.165, 1.54) is 6.07 Å². The van der Waals surface area contributed by atoms with Gasteiger partial charge < -0.3 is 14.4 Å². The fourth-order valence-electron chi connectivity index (χ4n) is 3.02. The predicted octanol–water partition coefficient (Wildman–Crippen LogP) is 4.64. The quantitative estimate of drug-likeness (QED) is 0.719. The number of likely N-dealkylation sites (tertiary alicyclic amines) is 1. The molecular formula is C21H25ClFN3O3. The number of benzene rings is 1. The first-order valence-electron chi connectivity index (χ1n) is 9.60. The SMILES string of the molecule is CC(C)(C)OC(=O)N1CCC(Oc2ccnc(Cc3ccc(Cl)cc3F)n2)CC1. The van der Waals surface area contributed by atoms with Crippen LogP contribution in [-0.4, -0.2) is 45.8 Å². The van der Waals surface area contributed by atoms with E-state index in [1.807, 2.05) is 20.8 Å². The van der Waals surface area contributed by atoms with Gasteiger partial charge in [0.15, 0.2) is 0 Å². The second-order valence-electron chi connectivity index (χ2n) is 8.01. The van der Waals surface area contributed by atoms with Crippen LogP contribution in [-0.2, 0) is 11.2 Å². The summed E-state index contributed by atoms with van der Waals surface area (Å²) >= 11 is 5.79. The molecular weight excluding hydrogens is 397 g/mol. The molecule has 0 atom stereocenters. The van der Waals surface area contributed by atoms with Crippen molar-refractivity contribution in [3.8, 4) is 5.88 Å². The first-order valence-corrected chi connectivity index (χ1v) is 9.98. The lowest BCUT2D eigenvalue weighted by atomic mass is 10.1. The van der Waals surface area contributed by atoms with Crippen molar-refractivity contribution < 1.29 is 18.7 Å². The number of carbonyl (C=O) groups is 1. The molecule has 29 heavy (non-hydrogen) atoms. The van der Waals surface area contributed by atoms with Crippen molar-refractivity contribution in [2.75, 3.05) is 13.1 Å². The Hall–Kier alpha value is -2.41. The smallest absolute Gasteiger partial charge is 0.410 e. The molecule has 2 heterocycles. The number of nitrogens with zero attached hydrogens (tertiary/aromatic N) is 3. The van der Waals surface area contributed by atoms with Crippen LogP contribution in [0.3, 0.4) is 0 Å². The minimum Gasteiger partial charge on any atom is -0.474 e. The molecule has 3 rings (SSSR count). The van der Waals surface area contributed by atoms with Gasteiger partial charge in [0, 0.05) is 49.6 Å². The van der Waals surface area contributed by atoms with E-state index in [1.54, 1.807) is 29.3 Å². The number of aromatic nitrogens is 2. The number of halogens is 2. The van der Waals surface area contributed by atoms with E-state index >= 15 is 0 Å². The summed E-state index contributed by atoms with van der Waals surface area (Å²) in [5.74, 6) is 0.525. The Labute approximate surface area is 175 Å². The average molecular weight is 422 g/mol. The molecule has 2 aromatic rings. The summed E-state index contributed by atoms with van der Waals surface area (Å²) in [5.41, 5.74) is -0.0389. The Balaban J connectivity index is 1.55. The summed E-state index contributed by atoms with van der Waals surface area (Å²) in [7, 11) is 0. The molecule has 1 aliphatic rings. The number of rotatable bonds is 4. The van der Waals surface area contributed by atoms with Crippen LogP contribution in [0.4, 0.5) is 9.18 Å². The average Bonchev–Trinajstić information content (AvgIpc) is 2.64. The summed E-state index contributed by atoms with van der Waals surface area (Å²) in [6, 6.07) is 6.22. The van der Waals surface area contributed by atoms with Gasteiger partial charge in [-0.05, 0) is 38.5 Å². The minimum atomic E-state index is -0.509. The highest BCUT2D eigenvalue weighted by molar-refractivity contribution is 6.30. The van der Waals surface area contributed by atoms with E-state index in [-0.39, 0.29) is 24.4 Å². The molecule has 0 N–H and O–H groups in total. The van der Waals surface area contributed by atoms with Gasteiger partial charge in [0.25, 0.3) is 0 Å². The zero-order valence-corrected chi connectivity index (χ0v) is 17.6. The molecule has 0 radical (unpaired) electrons. The molecule has 1 saturated heterocycles. The van der Waals surface area contributed by atoms with E-state index < -0.39 is 5.60 Å². The second kappa shape index (κ2) is 8.95. The van der Waals surface area contributed by atoms with Gasteiger partial charge in [-0.2, -0.15) is 4.98 Å². The summed E-state index contributed by atoms with van der Waals surface area (Å²) in [6.45, 7) is 6.68.